The number of carbonyl (C=O) groups excluding carboxylic acids is 1. The molecule has 2 rings (SSSR count). The number of carboxylic acids is 1. The summed E-state index contributed by atoms with van der Waals surface area (Å²) < 4.78 is 37.6. The van der Waals surface area contributed by atoms with Crippen molar-refractivity contribution in [1.82, 2.24) is 5.32 Å². The Hall–Kier alpha value is -2.09. The second-order valence-corrected chi connectivity index (χ2v) is 4.41. The van der Waals surface area contributed by atoms with Crippen LogP contribution < -0.4 is 10.6 Å². The minimum Gasteiger partial charge on any atom is -0.478 e. The van der Waals surface area contributed by atoms with Gasteiger partial charge in [0.1, 0.15) is 0 Å². The van der Waals surface area contributed by atoms with Gasteiger partial charge in [-0.1, -0.05) is 0 Å². The molecule has 0 saturated carbocycles. The number of halogens is 3. The molecule has 8 heteroatoms. The first-order valence-corrected chi connectivity index (χ1v) is 5.75. The Labute approximate surface area is 111 Å². The third-order valence-electron chi connectivity index (χ3n) is 2.99. The molecule has 0 aromatic heterocycles. The largest absolute Gasteiger partial charge is 0.478 e. The highest BCUT2D eigenvalue weighted by molar-refractivity contribution is 6.01. The topological polar surface area (TPSA) is 78.4 Å². The van der Waals surface area contributed by atoms with E-state index in [1.54, 1.807) is 0 Å². The highest BCUT2D eigenvalue weighted by Crippen LogP contribution is 2.32. The number of carbonyl (C=O) groups is 2. The van der Waals surface area contributed by atoms with Gasteiger partial charge in [-0.3, -0.25) is 4.79 Å². The summed E-state index contributed by atoms with van der Waals surface area (Å²) in [5, 5.41) is 14.2. The normalized spacial score (nSPS) is 15.6. The van der Waals surface area contributed by atoms with Gasteiger partial charge in [0.2, 0.25) is 5.91 Å². The van der Waals surface area contributed by atoms with Gasteiger partial charge in [0.05, 0.1) is 22.7 Å². The SMILES string of the molecule is O=C(O)c1cc(C(F)(F)F)ccc1NC(=O)C1CNC1. The Morgan fingerprint density at radius 3 is 2.40 bits per heavy atom. The van der Waals surface area contributed by atoms with Crippen molar-refractivity contribution in [2.45, 2.75) is 6.18 Å². The van der Waals surface area contributed by atoms with Gasteiger partial charge in [0.15, 0.2) is 0 Å². The number of alkyl halides is 3. The van der Waals surface area contributed by atoms with Crippen LogP contribution in [-0.2, 0) is 11.0 Å². The highest BCUT2D eigenvalue weighted by Gasteiger charge is 2.32. The summed E-state index contributed by atoms with van der Waals surface area (Å²) in [5.74, 6) is -2.23. The first-order valence-electron chi connectivity index (χ1n) is 5.75. The Bertz CT molecular complexity index is 553. The molecule has 3 N–H and O–H groups in total. The minimum absolute atomic E-state index is 0.137. The van der Waals surface area contributed by atoms with Gasteiger partial charge in [0, 0.05) is 13.1 Å². The van der Waals surface area contributed by atoms with Crippen LogP contribution in [0.5, 0.6) is 0 Å². The van der Waals surface area contributed by atoms with E-state index in [0.717, 1.165) is 12.1 Å². The molecule has 1 aliphatic rings. The molecule has 1 amide bonds. The van der Waals surface area contributed by atoms with Crippen LogP contribution in [0.1, 0.15) is 15.9 Å². The number of nitrogens with one attached hydrogen (secondary N) is 2. The van der Waals surface area contributed by atoms with Crippen LogP contribution in [0.25, 0.3) is 0 Å². The number of anilines is 1. The van der Waals surface area contributed by atoms with Crippen molar-refractivity contribution in [3.8, 4) is 0 Å². The van der Waals surface area contributed by atoms with Gasteiger partial charge in [-0.05, 0) is 18.2 Å². The van der Waals surface area contributed by atoms with Crippen molar-refractivity contribution < 1.29 is 27.9 Å². The molecule has 1 heterocycles. The van der Waals surface area contributed by atoms with Gasteiger partial charge < -0.3 is 15.7 Å². The Morgan fingerprint density at radius 2 is 1.95 bits per heavy atom. The zero-order chi connectivity index (χ0) is 14.9. The van der Waals surface area contributed by atoms with E-state index in [4.69, 9.17) is 5.11 Å². The molecule has 0 unspecified atom stereocenters. The lowest BCUT2D eigenvalue weighted by Gasteiger charge is -2.26. The molecule has 1 aromatic carbocycles. The molecule has 0 spiro atoms. The molecule has 5 nitrogen and oxygen atoms in total. The second kappa shape index (κ2) is 5.12. The molecule has 20 heavy (non-hydrogen) atoms. The average Bonchev–Trinajstić information content (AvgIpc) is 2.24. The summed E-state index contributed by atoms with van der Waals surface area (Å²) in [5.41, 5.74) is -1.79. The number of amides is 1. The maximum absolute atomic E-state index is 12.5. The lowest BCUT2D eigenvalue weighted by molar-refractivity contribution is -0.137. The predicted octanol–water partition coefficient (Wildman–Crippen LogP) is 1.56. The summed E-state index contributed by atoms with van der Waals surface area (Å²) in [4.78, 5) is 22.7. The smallest absolute Gasteiger partial charge is 0.416 e. The van der Waals surface area contributed by atoms with Crippen molar-refractivity contribution in [2.24, 2.45) is 5.92 Å². The number of benzene rings is 1. The van der Waals surface area contributed by atoms with Gasteiger partial charge in [-0.15, -0.1) is 0 Å². The van der Waals surface area contributed by atoms with Gasteiger partial charge in [0.25, 0.3) is 0 Å². The van der Waals surface area contributed by atoms with Crippen molar-refractivity contribution in [1.29, 1.82) is 0 Å². The van der Waals surface area contributed by atoms with E-state index < -0.39 is 29.2 Å². The third kappa shape index (κ3) is 2.90. The number of carboxylic acid groups (broad SMARTS) is 1. The lowest BCUT2D eigenvalue weighted by atomic mass is 10.0. The first kappa shape index (κ1) is 14.3. The second-order valence-electron chi connectivity index (χ2n) is 4.41. The molecule has 1 saturated heterocycles. The standard InChI is InChI=1S/C12H11F3N2O3/c13-12(14,15)7-1-2-9(8(3-7)11(19)20)17-10(18)6-4-16-5-6/h1-3,6,16H,4-5H2,(H,17,18)(H,19,20). The first-order chi connectivity index (χ1) is 9.29. The van der Waals surface area contributed by atoms with E-state index in [0.29, 0.717) is 19.2 Å². The van der Waals surface area contributed by atoms with E-state index in [1.807, 2.05) is 0 Å². The Kier molecular flexibility index (Phi) is 3.67. The molecule has 1 aromatic rings. The summed E-state index contributed by atoms with van der Waals surface area (Å²) in [7, 11) is 0. The fraction of sp³-hybridized carbons (Fsp3) is 0.333. The molecule has 0 atom stereocenters. The van der Waals surface area contributed by atoms with Crippen LogP contribution in [0.4, 0.5) is 18.9 Å². The summed E-state index contributed by atoms with van der Waals surface area (Å²) in [6, 6.07) is 2.20. The van der Waals surface area contributed by atoms with E-state index in [9.17, 15) is 22.8 Å². The van der Waals surface area contributed by atoms with Crippen LogP contribution in [0.2, 0.25) is 0 Å². The summed E-state index contributed by atoms with van der Waals surface area (Å²) in [6.07, 6.45) is -4.63. The molecule has 0 bridgehead atoms. The van der Waals surface area contributed by atoms with Crippen LogP contribution in [0.15, 0.2) is 18.2 Å². The summed E-state index contributed by atoms with van der Waals surface area (Å²) in [6.45, 7) is 0.934. The molecular weight excluding hydrogens is 277 g/mol. The van der Waals surface area contributed by atoms with Crippen LogP contribution in [-0.4, -0.2) is 30.1 Å². The molecular formula is C12H11F3N2O3. The Morgan fingerprint density at radius 1 is 1.30 bits per heavy atom. The van der Waals surface area contributed by atoms with Crippen LogP contribution in [0, 0.1) is 5.92 Å². The monoisotopic (exact) mass is 288 g/mol. The van der Waals surface area contributed by atoms with E-state index in [1.165, 1.54) is 0 Å². The minimum atomic E-state index is -4.63. The zero-order valence-electron chi connectivity index (χ0n) is 10.1. The van der Waals surface area contributed by atoms with Crippen LogP contribution in [0.3, 0.4) is 0 Å². The molecule has 1 fully saturated rings. The fourth-order valence-corrected chi connectivity index (χ4v) is 1.72. The lowest BCUT2D eigenvalue weighted by Crippen LogP contribution is -2.48. The third-order valence-corrected chi connectivity index (χ3v) is 2.99. The number of aromatic carboxylic acids is 1. The number of hydrogen-bond donors (Lipinski definition) is 3. The molecule has 0 radical (unpaired) electrons. The van der Waals surface area contributed by atoms with E-state index in [2.05, 4.69) is 10.6 Å². The fourth-order valence-electron chi connectivity index (χ4n) is 1.72. The maximum atomic E-state index is 12.5. The zero-order valence-corrected chi connectivity index (χ0v) is 10.1. The molecule has 0 aliphatic carbocycles. The quantitative estimate of drug-likeness (QED) is 0.788. The van der Waals surface area contributed by atoms with E-state index in [-0.39, 0.29) is 11.6 Å². The van der Waals surface area contributed by atoms with Crippen molar-refractivity contribution in [3.63, 3.8) is 0 Å². The van der Waals surface area contributed by atoms with E-state index >= 15 is 0 Å². The van der Waals surface area contributed by atoms with Crippen molar-refractivity contribution >= 4 is 17.6 Å². The van der Waals surface area contributed by atoms with Crippen LogP contribution >= 0.6 is 0 Å². The maximum Gasteiger partial charge on any atom is 0.416 e. The number of hydrogen-bond acceptors (Lipinski definition) is 3. The summed E-state index contributed by atoms with van der Waals surface area (Å²) >= 11 is 0. The number of rotatable bonds is 3. The Balaban J connectivity index is 2.28. The van der Waals surface area contributed by atoms with Gasteiger partial charge in [-0.25, -0.2) is 4.79 Å². The highest BCUT2D eigenvalue weighted by atomic mass is 19.4. The molecule has 1 aliphatic heterocycles. The van der Waals surface area contributed by atoms with Gasteiger partial charge >= 0.3 is 12.1 Å². The average molecular weight is 288 g/mol. The van der Waals surface area contributed by atoms with Crippen molar-refractivity contribution in [3.05, 3.63) is 29.3 Å². The van der Waals surface area contributed by atoms with Gasteiger partial charge in [-0.2, -0.15) is 13.2 Å². The molecule has 108 valence electrons. The predicted molar refractivity (Wildman–Crippen MR) is 63.4 cm³/mol. The van der Waals surface area contributed by atoms with Crippen molar-refractivity contribution in [2.75, 3.05) is 18.4 Å².